The molecule has 1 aliphatic heterocycles. The lowest BCUT2D eigenvalue weighted by molar-refractivity contribution is 0.117. The summed E-state index contributed by atoms with van der Waals surface area (Å²) in [6.45, 7) is 5.39. The lowest BCUT2D eigenvalue weighted by Crippen LogP contribution is -2.17. The quantitative estimate of drug-likeness (QED) is 0.498. The molecule has 1 saturated heterocycles. The summed E-state index contributed by atoms with van der Waals surface area (Å²) in [4.78, 5) is 10.4. The highest BCUT2D eigenvalue weighted by Crippen LogP contribution is 2.16. The lowest BCUT2D eigenvalue weighted by Gasteiger charge is -2.05. The molecule has 2 unspecified atom stereocenters. The summed E-state index contributed by atoms with van der Waals surface area (Å²) in [5.41, 5.74) is 0. The number of hydrogen-bond donors (Lipinski definition) is 0. The van der Waals surface area contributed by atoms with E-state index in [0.717, 1.165) is 0 Å². The molecule has 0 aromatic heterocycles. The molecule has 51 valence electrons. The highest BCUT2D eigenvalue weighted by Gasteiger charge is 2.31. The van der Waals surface area contributed by atoms with E-state index in [-0.39, 0.29) is 12.2 Å². The third kappa shape index (κ3) is 1.15. The van der Waals surface area contributed by atoms with Crippen molar-refractivity contribution in [3.63, 3.8) is 0 Å². The van der Waals surface area contributed by atoms with Crippen molar-refractivity contribution in [2.45, 2.75) is 25.6 Å². The molecule has 0 saturated carbocycles. The summed E-state index contributed by atoms with van der Waals surface area (Å²) in [6, 6.07) is 0. The molecule has 0 aromatic carbocycles. The fourth-order valence-corrected chi connectivity index (χ4v) is 0.768. The molecule has 0 spiro atoms. The first-order valence-corrected chi connectivity index (χ1v) is 2.90. The van der Waals surface area contributed by atoms with Crippen LogP contribution in [0.2, 0.25) is 0 Å². The fourth-order valence-electron chi connectivity index (χ4n) is 0.768. The topological polar surface area (TPSA) is 35.5 Å². The maximum absolute atomic E-state index is 10.4. The average molecular weight is 129 g/mol. The molecule has 1 rings (SSSR count). The Kier molecular flexibility index (Phi) is 1.60. The molecule has 3 heteroatoms. The summed E-state index contributed by atoms with van der Waals surface area (Å²) < 4.78 is 9.36. The highest BCUT2D eigenvalue weighted by atomic mass is 16.8. The molecule has 1 heterocycles. The third-order valence-corrected chi connectivity index (χ3v) is 1.34. The second kappa shape index (κ2) is 2.25. The van der Waals surface area contributed by atoms with Crippen LogP contribution in [0.1, 0.15) is 13.3 Å². The summed E-state index contributed by atoms with van der Waals surface area (Å²) in [6.07, 6.45) is -0.268. The highest BCUT2D eigenvalue weighted by molar-refractivity contribution is 5.62. The van der Waals surface area contributed by atoms with Gasteiger partial charge in [0.1, 0.15) is 12.2 Å². The van der Waals surface area contributed by atoms with Crippen molar-refractivity contribution in [2.24, 2.45) is 0 Å². The van der Waals surface area contributed by atoms with Crippen LogP contribution in [-0.2, 0) is 9.47 Å². The van der Waals surface area contributed by atoms with E-state index in [2.05, 4.69) is 11.7 Å². The minimum Gasteiger partial charge on any atom is -0.427 e. The maximum atomic E-state index is 10.4. The first-order valence-electron chi connectivity index (χ1n) is 2.90. The molecule has 1 fully saturated rings. The first kappa shape index (κ1) is 6.39. The Balaban J connectivity index is 2.47. The van der Waals surface area contributed by atoms with Crippen molar-refractivity contribution >= 4 is 6.16 Å². The second-order valence-electron chi connectivity index (χ2n) is 2.02. The van der Waals surface area contributed by atoms with E-state index in [0.29, 0.717) is 6.42 Å². The average Bonchev–Trinajstić information content (AvgIpc) is 2.10. The summed E-state index contributed by atoms with van der Waals surface area (Å²) in [7, 11) is 0. The Morgan fingerprint density at radius 3 is 2.56 bits per heavy atom. The zero-order valence-electron chi connectivity index (χ0n) is 5.29. The number of cyclic esters (lactones) is 2. The molecular weight excluding hydrogens is 120 g/mol. The summed E-state index contributed by atoms with van der Waals surface area (Å²) in [5.74, 6) is 0. The Morgan fingerprint density at radius 1 is 1.67 bits per heavy atom. The fraction of sp³-hybridized carbons (Fsp3) is 0.667. The Bertz CT molecular complexity index is 121. The molecule has 1 radical (unpaired) electrons. The minimum absolute atomic E-state index is 0.130. The first-order chi connectivity index (χ1) is 4.24. The molecule has 0 aliphatic carbocycles. The van der Waals surface area contributed by atoms with Crippen molar-refractivity contribution in [1.82, 2.24) is 0 Å². The van der Waals surface area contributed by atoms with Crippen molar-refractivity contribution in [3.05, 3.63) is 6.92 Å². The van der Waals surface area contributed by atoms with Gasteiger partial charge in [-0.25, -0.2) is 4.79 Å². The molecule has 0 N–H and O–H groups in total. The zero-order valence-corrected chi connectivity index (χ0v) is 5.29. The van der Waals surface area contributed by atoms with Gasteiger partial charge in [0.05, 0.1) is 0 Å². The largest absolute Gasteiger partial charge is 0.509 e. The Morgan fingerprint density at radius 2 is 2.33 bits per heavy atom. The van der Waals surface area contributed by atoms with Gasteiger partial charge in [-0.3, -0.25) is 0 Å². The standard InChI is InChI=1S/C6H9O3/c1-3-5-4(2)8-6(7)9-5/h4-5H,1,3H2,2H3. The molecule has 9 heavy (non-hydrogen) atoms. The lowest BCUT2D eigenvalue weighted by atomic mass is 10.2. The second-order valence-corrected chi connectivity index (χ2v) is 2.02. The maximum Gasteiger partial charge on any atom is 0.509 e. The van der Waals surface area contributed by atoms with Gasteiger partial charge in [0.15, 0.2) is 0 Å². The SMILES string of the molecule is [CH2]CC1OC(=O)OC1C. The van der Waals surface area contributed by atoms with Crippen molar-refractivity contribution in [2.75, 3.05) is 0 Å². The van der Waals surface area contributed by atoms with E-state index in [1.54, 1.807) is 6.92 Å². The predicted molar refractivity (Wildman–Crippen MR) is 30.8 cm³/mol. The zero-order chi connectivity index (χ0) is 6.85. The number of carbonyl (C=O) groups excluding carboxylic acids is 1. The van der Waals surface area contributed by atoms with Gasteiger partial charge in [-0.1, -0.05) is 0 Å². The molecule has 3 nitrogen and oxygen atoms in total. The van der Waals surface area contributed by atoms with E-state index < -0.39 is 6.16 Å². The van der Waals surface area contributed by atoms with Crippen LogP contribution in [0.25, 0.3) is 0 Å². The Labute approximate surface area is 53.9 Å². The van der Waals surface area contributed by atoms with Crippen LogP contribution < -0.4 is 0 Å². The van der Waals surface area contributed by atoms with Gasteiger partial charge in [0.2, 0.25) is 0 Å². The Hall–Kier alpha value is -0.730. The molecule has 0 bridgehead atoms. The van der Waals surface area contributed by atoms with Gasteiger partial charge in [0, 0.05) is 0 Å². The molecule has 0 amide bonds. The van der Waals surface area contributed by atoms with Gasteiger partial charge in [-0.05, 0) is 20.3 Å². The van der Waals surface area contributed by atoms with Crippen molar-refractivity contribution in [1.29, 1.82) is 0 Å². The van der Waals surface area contributed by atoms with Gasteiger partial charge < -0.3 is 9.47 Å². The van der Waals surface area contributed by atoms with Gasteiger partial charge in [-0.15, -0.1) is 0 Å². The summed E-state index contributed by atoms with van der Waals surface area (Å²) in [5, 5.41) is 0. The molecule has 1 aliphatic rings. The summed E-state index contributed by atoms with van der Waals surface area (Å²) >= 11 is 0. The third-order valence-electron chi connectivity index (χ3n) is 1.34. The van der Waals surface area contributed by atoms with Crippen molar-refractivity contribution in [3.8, 4) is 0 Å². The van der Waals surface area contributed by atoms with E-state index >= 15 is 0 Å². The van der Waals surface area contributed by atoms with Crippen LogP contribution in [-0.4, -0.2) is 18.4 Å². The monoisotopic (exact) mass is 129 g/mol. The van der Waals surface area contributed by atoms with Crippen LogP contribution in [0.3, 0.4) is 0 Å². The van der Waals surface area contributed by atoms with Gasteiger partial charge in [0.25, 0.3) is 0 Å². The van der Waals surface area contributed by atoms with Gasteiger partial charge >= 0.3 is 6.16 Å². The minimum atomic E-state index is -0.573. The molecule has 0 aromatic rings. The number of carbonyl (C=O) groups is 1. The molecular formula is C6H9O3. The van der Waals surface area contributed by atoms with E-state index in [1.165, 1.54) is 0 Å². The van der Waals surface area contributed by atoms with Gasteiger partial charge in [-0.2, -0.15) is 0 Å². The smallest absolute Gasteiger partial charge is 0.427 e. The van der Waals surface area contributed by atoms with Crippen molar-refractivity contribution < 1.29 is 14.3 Å². The van der Waals surface area contributed by atoms with Crippen LogP contribution in [0.5, 0.6) is 0 Å². The van der Waals surface area contributed by atoms with Crippen LogP contribution in [0, 0.1) is 6.92 Å². The number of hydrogen-bond acceptors (Lipinski definition) is 3. The predicted octanol–water partition coefficient (Wildman–Crippen LogP) is 1.13. The van der Waals surface area contributed by atoms with Crippen LogP contribution >= 0.6 is 0 Å². The molecule has 2 atom stereocenters. The van der Waals surface area contributed by atoms with Crippen LogP contribution in [0.15, 0.2) is 0 Å². The van der Waals surface area contributed by atoms with E-state index in [9.17, 15) is 4.79 Å². The number of rotatable bonds is 1. The number of ether oxygens (including phenoxy) is 2. The van der Waals surface area contributed by atoms with Crippen LogP contribution in [0.4, 0.5) is 4.79 Å². The van der Waals surface area contributed by atoms with E-state index in [4.69, 9.17) is 4.74 Å². The van der Waals surface area contributed by atoms with E-state index in [1.807, 2.05) is 0 Å². The normalized spacial score (nSPS) is 33.8.